The average molecular weight is 352 g/mol. The molecule has 2 aromatic rings. The highest BCUT2D eigenvalue weighted by molar-refractivity contribution is 9.10. The third kappa shape index (κ3) is 3.34. The van der Waals surface area contributed by atoms with Crippen LogP contribution in [0.2, 0.25) is 0 Å². The van der Waals surface area contributed by atoms with Gasteiger partial charge in [-0.05, 0) is 24.6 Å². The van der Waals surface area contributed by atoms with E-state index in [9.17, 15) is 14.9 Å². The van der Waals surface area contributed by atoms with E-state index in [2.05, 4.69) is 26.2 Å². The number of carboxylic acids is 1. The van der Waals surface area contributed by atoms with Gasteiger partial charge in [0.1, 0.15) is 0 Å². The SMILES string of the molecule is Cc1ccc(Nc2ncc(C(=O)O)cc2[N+](=O)[O-])cc1Br. The summed E-state index contributed by atoms with van der Waals surface area (Å²) in [5, 5.41) is 22.7. The molecular formula is C13H10BrN3O4. The van der Waals surface area contributed by atoms with Crippen molar-refractivity contribution in [2.45, 2.75) is 6.92 Å². The number of hydrogen-bond acceptors (Lipinski definition) is 5. The molecule has 2 N–H and O–H groups in total. The molecule has 0 aliphatic carbocycles. The number of aromatic nitrogens is 1. The van der Waals surface area contributed by atoms with Gasteiger partial charge < -0.3 is 10.4 Å². The number of nitro groups is 1. The number of nitrogens with one attached hydrogen (secondary N) is 1. The summed E-state index contributed by atoms with van der Waals surface area (Å²) in [6.45, 7) is 1.91. The largest absolute Gasteiger partial charge is 0.478 e. The molecule has 0 aliphatic heterocycles. The second kappa shape index (κ2) is 5.88. The van der Waals surface area contributed by atoms with Crippen molar-refractivity contribution < 1.29 is 14.8 Å². The van der Waals surface area contributed by atoms with Crippen molar-refractivity contribution in [3.8, 4) is 0 Å². The number of benzene rings is 1. The lowest BCUT2D eigenvalue weighted by atomic mass is 10.2. The Morgan fingerprint density at radius 3 is 2.71 bits per heavy atom. The Bertz CT molecular complexity index is 733. The molecule has 7 nitrogen and oxygen atoms in total. The Kier molecular flexibility index (Phi) is 4.18. The number of halogens is 1. The van der Waals surface area contributed by atoms with Crippen LogP contribution in [0.25, 0.3) is 0 Å². The lowest BCUT2D eigenvalue weighted by molar-refractivity contribution is -0.384. The van der Waals surface area contributed by atoms with E-state index in [-0.39, 0.29) is 11.4 Å². The molecule has 0 atom stereocenters. The topological polar surface area (TPSA) is 105 Å². The Morgan fingerprint density at radius 1 is 1.43 bits per heavy atom. The maximum atomic E-state index is 11.0. The van der Waals surface area contributed by atoms with Gasteiger partial charge >= 0.3 is 11.7 Å². The quantitative estimate of drug-likeness (QED) is 0.644. The molecule has 2 rings (SSSR count). The second-order valence-electron chi connectivity index (χ2n) is 4.24. The van der Waals surface area contributed by atoms with Gasteiger partial charge in [-0.2, -0.15) is 0 Å². The second-order valence-corrected chi connectivity index (χ2v) is 5.10. The minimum atomic E-state index is -1.27. The molecule has 0 aliphatic rings. The van der Waals surface area contributed by atoms with Gasteiger partial charge in [0.05, 0.1) is 10.5 Å². The van der Waals surface area contributed by atoms with Crippen molar-refractivity contribution in [2.24, 2.45) is 0 Å². The lowest BCUT2D eigenvalue weighted by Gasteiger charge is -2.08. The summed E-state index contributed by atoms with van der Waals surface area (Å²) in [7, 11) is 0. The van der Waals surface area contributed by atoms with Crippen molar-refractivity contribution in [3.05, 3.63) is 56.2 Å². The molecule has 21 heavy (non-hydrogen) atoms. The zero-order valence-electron chi connectivity index (χ0n) is 10.8. The van der Waals surface area contributed by atoms with Crippen molar-refractivity contribution in [3.63, 3.8) is 0 Å². The van der Waals surface area contributed by atoms with Crippen LogP contribution >= 0.6 is 15.9 Å². The first-order valence-corrected chi connectivity index (χ1v) is 6.58. The van der Waals surface area contributed by atoms with Crippen LogP contribution < -0.4 is 5.32 Å². The molecule has 0 fully saturated rings. The lowest BCUT2D eigenvalue weighted by Crippen LogP contribution is -2.04. The van der Waals surface area contributed by atoms with Crippen LogP contribution in [-0.2, 0) is 0 Å². The number of aromatic carboxylic acids is 1. The van der Waals surface area contributed by atoms with E-state index in [4.69, 9.17) is 5.11 Å². The van der Waals surface area contributed by atoms with Crippen molar-refractivity contribution in [1.29, 1.82) is 0 Å². The molecule has 1 aromatic carbocycles. The number of carboxylic acid groups (broad SMARTS) is 1. The summed E-state index contributed by atoms with van der Waals surface area (Å²) in [5.41, 5.74) is 0.985. The summed E-state index contributed by atoms with van der Waals surface area (Å²) in [6.07, 6.45) is 1.07. The Labute approximate surface area is 127 Å². The number of hydrogen-bond donors (Lipinski definition) is 2. The Morgan fingerprint density at radius 2 is 2.14 bits per heavy atom. The number of nitrogens with zero attached hydrogens (tertiary/aromatic N) is 2. The van der Waals surface area contributed by atoms with Crippen molar-refractivity contribution in [1.82, 2.24) is 4.98 Å². The highest BCUT2D eigenvalue weighted by Crippen LogP contribution is 2.28. The number of aryl methyl sites for hydroxylation is 1. The first kappa shape index (κ1) is 14.9. The summed E-state index contributed by atoms with van der Waals surface area (Å²) in [4.78, 5) is 25.0. The van der Waals surface area contributed by atoms with E-state index in [1.165, 1.54) is 0 Å². The maximum Gasteiger partial charge on any atom is 0.337 e. The van der Waals surface area contributed by atoms with Crippen LogP contribution in [0.3, 0.4) is 0 Å². The molecule has 108 valence electrons. The highest BCUT2D eigenvalue weighted by atomic mass is 79.9. The van der Waals surface area contributed by atoms with Crippen molar-refractivity contribution >= 4 is 39.1 Å². The van der Waals surface area contributed by atoms with Crippen LogP contribution in [0.4, 0.5) is 17.2 Å². The predicted molar refractivity (Wildman–Crippen MR) is 80.0 cm³/mol. The molecule has 0 spiro atoms. The molecule has 1 aromatic heterocycles. The summed E-state index contributed by atoms with van der Waals surface area (Å²) in [5.74, 6) is -1.28. The number of anilines is 2. The predicted octanol–water partition coefficient (Wildman–Crippen LogP) is 3.50. The van der Waals surface area contributed by atoms with E-state index in [0.717, 1.165) is 22.3 Å². The van der Waals surface area contributed by atoms with Crippen molar-refractivity contribution in [2.75, 3.05) is 5.32 Å². The van der Waals surface area contributed by atoms with Gasteiger partial charge in [-0.1, -0.05) is 22.0 Å². The zero-order chi connectivity index (χ0) is 15.6. The third-order valence-corrected chi connectivity index (χ3v) is 3.60. The smallest absolute Gasteiger partial charge is 0.337 e. The third-order valence-electron chi connectivity index (χ3n) is 2.75. The van der Waals surface area contributed by atoms with Crippen LogP contribution in [0, 0.1) is 17.0 Å². The number of rotatable bonds is 4. The summed E-state index contributed by atoms with van der Waals surface area (Å²) in [6, 6.07) is 6.31. The fourth-order valence-corrected chi connectivity index (χ4v) is 1.99. The van der Waals surface area contributed by atoms with Gasteiger partial charge in [0.2, 0.25) is 5.82 Å². The maximum absolute atomic E-state index is 11.0. The van der Waals surface area contributed by atoms with Gasteiger partial charge in [0, 0.05) is 22.4 Å². The van der Waals surface area contributed by atoms with E-state index in [1.807, 2.05) is 13.0 Å². The van der Waals surface area contributed by atoms with Crippen LogP contribution in [0.15, 0.2) is 34.9 Å². The molecule has 0 bridgehead atoms. The van der Waals surface area contributed by atoms with Crippen LogP contribution in [0.1, 0.15) is 15.9 Å². The summed E-state index contributed by atoms with van der Waals surface area (Å²) < 4.78 is 0.845. The molecule has 0 amide bonds. The molecule has 8 heteroatoms. The summed E-state index contributed by atoms with van der Waals surface area (Å²) >= 11 is 3.37. The van der Waals surface area contributed by atoms with E-state index in [1.54, 1.807) is 12.1 Å². The van der Waals surface area contributed by atoms with E-state index < -0.39 is 16.6 Å². The molecule has 0 saturated heterocycles. The first-order chi connectivity index (χ1) is 9.88. The van der Waals surface area contributed by atoms with Gasteiger partial charge in [0.25, 0.3) is 0 Å². The normalized spacial score (nSPS) is 10.2. The Balaban J connectivity index is 2.41. The molecular weight excluding hydrogens is 342 g/mol. The zero-order valence-corrected chi connectivity index (χ0v) is 12.4. The molecule has 0 saturated carbocycles. The average Bonchev–Trinajstić information content (AvgIpc) is 2.43. The molecule has 0 radical (unpaired) electrons. The number of pyridine rings is 1. The van der Waals surface area contributed by atoms with Gasteiger partial charge in [0.15, 0.2) is 0 Å². The Hall–Kier alpha value is -2.48. The number of carbonyl (C=O) groups is 1. The fraction of sp³-hybridized carbons (Fsp3) is 0.0769. The van der Waals surface area contributed by atoms with Gasteiger partial charge in [-0.15, -0.1) is 0 Å². The van der Waals surface area contributed by atoms with Crippen LogP contribution in [-0.4, -0.2) is 21.0 Å². The van der Waals surface area contributed by atoms with E-state index >= 15 is 0 Å². The first-order valence-electron chi connectivity index (χ1n) is 5.79. The fourth-order valence-electron chi connectivity index (χ4n) is 1.61. The van der Waals surface area contributed by atoms with Gasteiger partial charge in [-0.25, -0.2) is 9.78 Å². The highest BCUT2D eigenvalue weighted by Gasteiger charge is 2.19. The van der Waals surface area contributed by atoms with Gasteiger partial charge in [-0.3, -0.25) is 10.1 Å². The molecule has 0 unspecified atom stereocenters. The molecule has 1 heterocycles. The minimum Gasteiger partial charge on any atom is -0.478 e. The van der Waals surface area contributed by atoms with E-state index in [0.29, 0.717) is 5.69 Å². The van der Waals surface area contributed by atoms with Crippen LogP contribution in [0.5, 0.6) is 0 Å². The monoisotopic (exact) mass is 351 g/mol. The minimum absolute atomic E-state index is 0.0132. The standard InChI is InChI=1S/C13H10BrN3O4/c1-7-2-3-9(5-10(7)14)16-12-11(17(20)21)4-8(6-15-12)13(18)19/h2-6H,1H3,(H,15,16)(H,18,19).